The Balaban J connectivity index is 2.54. The first-order valence-corrected chi connectivity index (χ1v) is 5.51. The van der Waals surface area contributed by atoms with Gasteiger partial charge in [-0.05, 0) is 37.6 Å². The Morgan fingerprint density at radius 1 is 1.27 bits per heavy atom. The maximum atomic E-state index is 8.87. The van der Waals surface area contributed by atoms with Crippen LogP contribution >= 0.6 is 11.3 Å². The van der Waals surface area contributed by atoms with Crippen molar-refractivity contribution in [3.8, 4) is 17.3 Å². The second-order valence-corrected chi connectivity index (χ2v) is 4.51. The number of aryl methyl sites for hydroxylation is 2. The molecule has 0 N–H and O–H groups in total. The molecule has 0 aliphatic heterocycles. The van der Waals surface area contributed by atoms with Gasteiger partial charge in [-0.1, -0.05) is 0 Å². The monoisotopic (exact) mass is 214 g/mol. The highest BCUT2D eigenvalue weighted by molar-refractivity contribution is 7.09. The van der Waals surface area contributed by atoms with Gasteiger partial charge in [-0.25, -0.2) is 4.98 Å². The van der Waals surface area contributed by atoms with Gasteiger partial charge in [0.25, 0.3) is 0 Å². The number of rotatable bonds is 1. The van der Waals surface area contributed by atoms with Crippen molar-refractivity contribution in [3.63, 3.8) is 0 Å². The van der Waals surface area contributed by atoms with Crippen molar-refractivity contribution in [1.29, 1.82) is 5.26 Å². The smallest absolute Gasteiger partial charge is 0.0991 e. The summed E-state index contributed by atoms with van der Waals surface area (Å²) in [5.41, 5.74) is 3.76. The van der Waals surface area contributed by atoms with Crippen LogP contribution in [0.15, 0.2) is 23.6 Å². The van der Waals surface area contributed by atoms with E-state index >= 15 is 0 Å². The molecule has 3 heteroatoms. The minimum absolute atomic E-state index is 0.690. The fourth-order valence-corrected chi connectivity index (χ4v) is 2.11. The minimum Gasteiger partial charge on any atom is -0.242 e. The van der Waals surface area contributed by atoms with E-state index < -0.39 is 0 Å². The summed E-state index contributed by atoms with van der Waals surface area (Å²) in [5.74, 6) is 0. The maximum Gasteiger partial charge on any atom is 0.0991 e. The lowest BCUT2D eigenvalue weighted by atomic mass is 10.1. The quantitative estimate of drug-likeness (QED) is 0.730. The topological polar surface area (TPSA) is 36.7 Å². The van der Waals surface area contributed by atoms with E-state index in [1.54, 1.807) is 11.3 Å². The number of nitrogens with zero attached hydrogens (tertiary/aromatic N) is 2. The van der Waals surface area contributed by atoms with Crippen molar-refractivity contribution in [1.82, 2.24) is 4.98 Å². The molecule has 0 radical (unpaired) electrons. The Hall–Kier alpha value is -1.66. The maximum absolute atomic E-state index is 8.87. The Morgan fingerprint density at radius 2 is 2.07 bits per heavy atom. The zero-order chi connectivity index (χ0) is 10.8. The number of thiazole rings is 1. The van der Waals surface area contributed by atoms with Crippen LogP contribution in [0.3, 0.4) is 0 Å². The molecule has 0 amide bonds. The number of benzene rings is 1. The van der Waals surface area contributed by atoms with Crippen LogP contribution in [-0.2, 0) is 0 Å². The van der Waals surface area contributed by atoms with Crippen LogP contribution in [-0.4, -0.2) is 4.98 Å². The number of nitriles is 1. The Morgan fingerprint density at radius 3 is 2.67 bits per heavy atom. The highest BCUT2D eigenvalue weighted by Crippen LogP contribution is 2.23. The molecule has 0 saturated carbocycles. The van der Waals surface area contributed by atoms with Crippen LogP contribution in [0.25, 0.3) is 11.3 Å². The van der Waals surface area contributed by atoms with Crippen LogP contribution in [0, 0.1) is 25.2 Å². The fourth-order valence-electron chi connectivity index (χ4n) is 1.49. The highest BCUT2D eigenvalue weighted by atomic mass is 32.1. The lowest BCUT2D eigenvalue weighted by Crippen LogP contribution is -1.83. The van der Waals surface area contributed by atoms with Gasteiger partial charge in [0.15, 0.2) is 0 Å². The van der Waals surface area contributed by atoms with Crippen LogP contribution in [0.2, 0.25) is 0 Å². The summed E-state index contributed by atoms with van der Waals surface area (Å²) >= 11 is 1.62. The highest BCUT2D eigenvalue weighted by Gasteiger charge is 2.04. The number of aromatic nitrogens is 1. The van der Waals surface area contributed by atoms with Gasteiger partial charge in [0, 0.05) is 10.9 Å². The largest absolute Gasteiger partial charge is 0.242 e. The molecular weight excluding hydrogens is 204 g/mol. The van der Waals surface area contributed by atoms with Crippen molar-refractivity contribution in [2.75, 3.05) is 0 Å². The van der Waals surface area contributed by atoms with Crippen LogP contribution in [0.1, 0.15) is 16.1 Å². The summed E-state index contributed by atoms with van der Waals surface area (Å²) in [6, 6.07) is 7.97. The molecule has 2 nitrogen and oxygen atoms in total. The number of hydrogen-bond donors (Lipinski definition) is 0. The molecule has 0 bridgehead atoms. The predicted octanol–water partition coefficient (Wildman–Crippen LogP) is 3.30. The van der Waals surface area contributed by atoms with Gasteiger partial charge in [-0.3, -0.25) is 0 Å². The van der Waals surface area contributed by atoms with Gasteiger partial charge in [-0.2, -0.15) is 5.26 Å². The molecule has 1 heterocycles. The third-order valence-corrected chi connectivity index (χ3v) is 2.89. The van der Waals surface area contributed by atoms with E-state index in [1.807, 2.05) is 31.4 Å². The van der Waals surface area contributed by atoms with E-state index in [-0.39, 0.29) is 0 Å². The first-order chi connectivity index (χ1) is 7.19. The average molecular weight is 214 g/mol. The second kappa shape index (κ2) is 3.84. The molecule has 1 aromatic heterocycles. The van der Waals surface area contributed by atoms with Gasteiger partial charge in [-0.15, -0.1) is 11.3 Å². The summed E-state index contributed by atoms with van der Waals surface area (Å²) in [4.78, 5) is 4.41. The molecule has 0 aliphatic carbocycles. The van der Waals surface area contributed by atoms with E-state index in [2.05, 4.69) is 17.1 Å². The van der Waals surface area contributed by atoms with Crippen LogP contribution < -0.4 is 0 Å². The standard InChI is InChI=1S/C12H10N2S/c1-8-3-10(6-13)5-11(4-8)12-7-15-9(2)14-12/h3-5,7H,1-2H3. The van der Waals surface area contributed by atoms with Crippen molar-refractivity contribution < 1.29 is 0 Å². The molecule has 2 rings (SSSR count). The molecule has 0 atom stereocenters. The zero-order valence-electron chi connectivity index (χ0n) is 8.61. The van der Waals surface area contributed by atoms with E-state index in [0.717, 1.165) is 21.8 Å². The van der Waals surface area contributed by atoms with Gasteiger partial charge < -0.3 is 0 Å². The molecule has 0 unspecified atom stereocenters. The van der Waals surface area contributed by atoms with Gasteiger partial charge in [0.1, 0.15) is 0 Å². The van der Waals surface area contributed by atoms with E-state index in [9.17, 15) is 0 Å². The summed E-state index contributed by atoms with van der Waals surface area (Å²) in [5, 5.41) is 11.9. The Labute approximate surface area is 92.8 Å². The van der Waals surface area contributed by atoms with Gasteiger partial charge >= 0.3 is 0 Å². The molecule has 0 saturated heterocycles. The first-order valence-electron chi connectivity index (χ1n) is 4.63. The van der Waals surface area contributed by atoms with Crippen molar-refractivity contribution >= 4 is 11.3 Å². The lowest BCUT2D eigenvalue weighted by Gasteiger charge is -1.99. The first kappa shape index (κ1) is 9.88. The fraction of sp³-hybridized carbons (Fsp3) is 0.167. The molecule has 1 aromatic carbocycles. The molecule has 15 heavy (non-hydrogen) atoms. The normalized spacial score (nSPS) is 9.93. The molecule has 0 spiro atoms. The van der Waals surface area contributed by atoms with Crippen molar-refractivity contribution in [3.05, 3.63) is 39.7 Å². The Kier molecular flexibility index (Phi) is 2.53. The molecular formula is C12H10N2S. The van der Waals surface area contributed by atoms with Crippen molar-refractivity contribution in [2.24, 2.45) is 0 Å². The minimum atomic E-state index is 0.690. The summed E-state index contributed by atoms with van der Waals surface area (Å²) in [6.45, 7) is 3.97. The molecule has 0 aliphatic rings. The lowest BCUT2D eigenvalue weighted by molar-refractivity contribution is 1.29. The predicted molar refractivity (Wildman–Crippen MR) is 61.7 cm³/mol. The van der Waals surface area contributed by atoms with Crippen molar-refractivity contribution in [2.45, 2.75) is 13.8 Å². The Bertz CT molecular complexity index is 535. The average Bonchev–Trinajstić information content (AvgIpc) is 2.64. The summed E-state index contributed by atoms with van der Waals surface area (Å²) < 4.78 is 0. The van der Waals surface area contributed by atoms with Gasteiger partial charge in [0.2, 0.25) is 0 Å². The molecule has 0 fully saturated rings. The van der Waals surface area contributed by atoms with E-state index in [4.69, 9.17) is 5.26 Å². The van der Waals surface area contributed by atoms with E-state index in [1.165, 1.54) is 0 Å². The third kappa shape index (κ3) is 2.05. The van der Waals surface area contributed by atoms with Crippen LogP contribution in [0.5, 0.6) is 0 Å². The SMILES string of the molecule is Cc1cc(C#N)cc(-c2csc(C)n2)c1. The molecule has 74 valence electrons. The van der Waals surface area contributed by atoms with E-state index in [0.29, 0.717) is 5.56 Å². The zero-order valence-corrected chi connectivity index (χ0v) is 9.43. The van der Waals surface area contributed by atoms with Crippen LogP contribution in [0.4, 0.5) is 0 Å². The summed E-state index contributed by atoms with van der Waals surface area (Å²) in [7, 11) is 0. The second-order valence-electron chi connectivity index (χ2n) is 3.45. The molecule has 2 aromatic rings. The van der Waals surface area contributed by atoms with Gasteiger partial charge in [0.05, 0.1) is 22.3 Å². The third-order valence-electron chi connectivity index (χ3n) is 2.12. The summed E-state index contributed by atoms with van der Waals surface area (Å²) in [6.07, 6.45) is 0. The number of hydrogen-bond acceptors (Lipinski definition) is 3.